The second-order valence-corrected chi connectivity index (χ2v) is 6.13. The van der Waals surface area contributed by atoms with E-state index >= 15 is 0 Å². The zero-order valence-electron chi connectivity index (χ0n) is 11.6. The van der Waals surface area contributed by atoms with Crippen LogP contribution in [0.25, 0.3) is 0 Å². The highest BCUT2D eigenvalue weighted by Gasteiger charge is 2.31. The van der Waals surface area contributed by atoms with E-state index in [1.165, 1.54) is 6.07 Å². The molecule has 2 aromatic rings. The minimum Gasteiger partial charge on any atom is -0.339 e. The van der Waals surface area contributed by atoms with Crippen LogP contribution in [-0.4, -0.2) is 15.7 Å². The van der Waals surface area contributed by atoms with Gasteiger partial charge < -0.3 is 10.3 Å². The minimum absolute atomic E-state index is 0.215. The molecule has 1 aromatic carbocycles. The van der Waals surface area contributed by atoms with Crippen molar-refractivity contribution in [3.63, 3.8) is 0 Å². The Labute approximate surface area is 127 Å². The third kappa shape index (κ3) is 3.24. The van der Waals surface area contributed by atoms with Crippen LogP contribution < -0.4 is 5.73 Å². The molecular weight excluding hydrogens is 293 g/mol. The van der Waals surface area contributed by atoms with Crippen LogP contribution in [0.3, 0.4) is 0 Å². The highest BCUT2D eigenvalue weighted by molar-refractivity contribution is 6.31. The first-order valence-electron chi connectivity index (χ1n) is 7.09. The van der Waals surface area contributed by atoms with Crippen LogP contribution in [-0.2, 0) is 12.8 Å². The first-order chi connectivity index (χ1) is 10.1. The Morgan fingerprint density at radius 2 is 2.10 bits per heavy atom. The molecule has 1 aliphatic rings. The molecule has 0 bridgehead atoms. The number of halogens is 2. The van der Waals surface area contributed by atoms with E-state index in [-0.39, 0.29) is 17.8 Å². The summed E-state index contributed by atoms with van der Waals surface area (Å²) in [7, 11) is 0. The van der Waals surface area contributed by atoms with Crippen LogP contribution in [0.2, 0.25) is 5.02 Å². The summed E-state index contributed by atoms with van der Waals surface area (Å²) in [5.74, 6) is 0.584. The zero-order chi connectivity index (χ0) is 14.9. The van der Waals surface area contributed by atoms with E-state index < -0.39 is 0 Å². The Morgan fingerprint density at radius 3 is 2.81 bits per heavy atom. The van der Waals surface area contributed by atoms with Gasteiger partial charge in [0.05, 0.1) is 0 Å². The maximum atomic E-state index is 13.7. The number of aromatic nitrogens is 2. The van der Waals surface area contributed by atoms with Crippen molar-refractivity contribution in [3.05, 3.63) is 46.3 Å². The molecule has 1 fully saturated rings. The van der Waals surface area contributed by atoms with Gasteiger partial charge in [-0.05, 0) is 25.0 Å². The van der Waals surface area contributed by atoms with Crippen molar-refractivity contribution >= 4 is 11.6 Å². The van der Waals surface area contributed by atoms with Gasteiger partial charge >= 0.3 is 0 Å². The molecule has 21 heavy (non-hydrogen) atoms. The van der Waals surface area contributed by atoms with E-state index in [4.69, 9.17) is 21.9 Å². The Balaban J connectivity index is 1.73. The lowest BCUT2D eigenvalue weighted by atomic mass is 9.95. The summed E-state index contributed by atoms with van der Waals surface area (Å²) in [4.78, 5) is 4.31. The number of nitrogens with two attached hydrogens (primary N) is 1. The molecule has 2 N–H and O–H groups in total. The van der Waals surface area contributed by atoms with Crippen molar-refractivity contribution in [1.29, 1.82) is 0 Å². The van der Waals surface area contributed by atoms with Gasteiger partial charge in [-0.1, -0.05) is 35.7 Å². The summed E-state index contributed by atoms with van der Waals surface area (Å²) in [6.07, 6.45) is 5.02. The highest BCUT2D eigenvalue weighted by Crippen LogP contribution is 2.30. The Kier molecular flexibility index (Phi) is 3.95. The van der Waals surface area contributed by atoms with Crippen molar-refractivity contribution in [2.24, 2.45) is 5.73 Å². The fraction of sp³-hybridized carbons (Fsp3) is 0.467. The molecule has 3 rings (SSSR count). The van der Waals surface area contributed by atoms with Gasteiger partial charge in [-0.25, -0.2) is 4.39 Å². The summed E-state index contributed by atoms with van der Waals surface area (Å²) >= 11 is 6.00. The molecule has 0 aliphatic heterocycles. The van der Waals surface area contributed by atoms with E-state index in [0.29, 0.717) is 28.7 Å². The maximum absolute atomic E-state index is 13.7. The van der Waals surface area contributed by atoms with Crippen molar-refractivity contribution in [1.82, 2.24) is 10.1 Å². The Hall–Kier alpha value is -1.46. The summed E-state index contributed by atoms with van der Waals surface area (Å²) in [5.41, 5.74) is 6.44. The SMILES string of the molecule is NC1(Cc2nc(Cc3c(F)cccc3Cl)no2)CCCC1. The van der Waals surface area contributed by atoms with Crippen molar-refractivity contribution in [2.75, 3.05) is 0 Å². The lowest BCUT2D eigenvalue weighted by molar-refractivity contribution is 0.327. The molecule has 0 unspecified atom stereocenters. The molecule has 1 heterocycles. The Morgan fingerprint density at radius 1 is 1.33 bits per heavy atom. The van der Waals surface area contributed by atoms with E-state index in [0.717, 1.165) is 25.7 Å². The van der Waals surface area contributed by atoms with Crippen LogP contribution in [0.4, 0.5) is 4.39 Å². The monoisotopic (exact) mass is 309 g/mol. The largest absolute Gasteiger partial charge is 0.339 e. The zero-order valence-corrected chi connectivity index (χ0v) is 12.4. The summed E-state index contributed by atoms with van der Waals surface area (Å²) in [5, 5.41) is 4.27. The standard InChI is InChI=1S/C15H17ClFN3O/c16-11-4-3-5-12(17)10(11)8-13-19-14(21-20-13)9-15(18)6-1-2-7-15/h3-5H,1-2,6-9,18H2. The molecule has 1 aliphatic carbocycles. The first-order valence-corrected chi connectivity index (χ1v) is 7.47. The molecule has 0 spiro atoms. The molecule has 0 saturated heterocycles. The van der Waals surface area contributed by atoms with Crippen LogP contribution >= 0.6 is 11.6 Å². The average molecular weight is 310 g/mol. The molecule has 0 radical (unpaired) electrons. The highest BCUT2D eigenvalue weighted by atomic mass is 35.5. The van der Waals surface area contributed by atoms with Crippen molar-refractivity contribution < 1.29 is 8.91 Å². The Bertz CT molecular complexity index is 617. The molecule has 112 valence electrons. The number of hydrogen-bond donors (Lipinski definition) is 1. The number of nitrogens with zero attached hydrogens (tertiary/aromatic N) is 2. The third-order valence-electron chi connectivity index (χ3n) is 4.01. The van der Waals surface area contributed by atoms with Gasteiger partial charge in [-0.3, -0.25) is 0 Å². The van der Waals surface area contributed by atoms with Crippen molar-refractivity contribution in [3.8, 4) is 0 Å². The van der Waals surface area contributed by atoms with Gasteiger partial charge in [0.15, 0.2) is 5.82 Å². The summed E-state index contributed by atoms with van der Waals surface area (Å²) in [6.45, 7) is 0. The van der Waals surface area contributed by atoms with Gasteiger partial charge in [0.2, 0.25) is 5.89 Å². The van der Waals surface area contributed by atoms with Crippen molar-refractivity contribution in [2.45, 2.75) is 44.1 Å². The predicted molar refractivity (Wildman–Crippen MR) is 77.6 cm³/mol. The predicted octanol–water partition coefficient (Wildman–Crippen LogP) is 3.27. The van der Waals surface area contributed by atoms with E-state index in [1.54, 1.807) is 12.1 Å². The quantitative estimate of drug-likeness (QED) is 0.941. The van der Waals surface area contributed by atoms with Gasteiger partial charge in [0.1, 0.15) is 5.82 Å². The van der Waals surface area contributed by atoms with E-state index in [9.17, 15) is 4.39 Å². The van der Waals surface area contributed by atoms with Crippen LogP contribution in [0, 0.1) is 5.82 Å². The molecule has 0 amide bonds. The second kappa shape index (κ2) is 5.73. The van der Waals surface area contributed by atoms with Crippen LogP contribution in [0.15, 0.2) is 22.7 Å². The van der Waals surface area contributed by atoms with E-state index in [1.807, 2.05) is 0 Å². The fourth-order valence-corrected chi connectivity index (χ4v) is 3.08. The average Bonchev–Trinajstić information content (AvgIpc) is 3.04. The number of benzene rings is 1. The van der Waals surface area contributed by atoms with Crippen LogP contribution in [0.5, 0.6) is 0 Å². The first kappa shape index (κ1) is 14.5. The molecule has 0 atom stereocenters. The molecule has 1 saturated carbocycles. The summed E-state index contributed by atoms with van der Waals surface area (Å²) < 4.78 is 19.0. The van der Waals surface area contributed by atoms with E-state index in [2.05, 4.69) is 10.1 Å². The smallest absolute Gasteiger partial charge is 0.228 e. The van der Waals surface area contributed by atoms with Gasteiger partial charge in [-0.15, -0.1) is 0 Å². The molecule has 4 nitrogen and oxygen atoms in total. The second-order valence-electron chi connectivity index (χ2n) is 5.73. The third-order valence-corrected chi connectivity index (χ3v) is 4.36. The number of hydrogen-bond acceptors (Lipinski definition) is 4. The van der Waals surface area contributed by atoms with Crippen LogP contribution in [0.1, 0.15) is 43.0 Å². The molecular formula is C15H17ClFN3O. The normalized spacial score (nSPS) is 17.3. The van der Waals surface area contributed by atoms with Gasteiger partial charge in [0, 0.05) is 29.0 Å². The lowest BCUT2D eigenvalue weighted by Gasteiger charge is -2.20. The van der Waals surface area contributed by atoms with Gasteiger partial charge in [0.25, 0.3) is 0 Å². The van der Waals surface area contributed by atoms with Gasteiger partial charge in [-0.2, -0.15) is 4.98 Å². The topological polar surface area (TPSA) is 64.9 Å². The molecule has 1 aromatic heterocycles. The fourth-order valence-electron chi connectivity index (χ4n) is 2.85. The number of rotatable bonds is 4. The lowest BCUT2D eigenvalue weighted by Crippen LogP contribution is -2.38. The molecule has 6 heteroatoms. The minimum atomic E-state index is -0.361. The maximum Gasteiger partial charge on any atom is 0.228 e. The summed E-state index contributed by atoms with van der Waals surface area (Å²) in [6, 6.07) is 4.59.